The fraction of sp³-hybridized carbons (Fsp3) is 0.600. The van der Waals surface area contributed by atoms with Crippen molar-refractivity contribution in [2.75, 3.05) is 18.8 Å². The van der Waals surface area contributed by atoms with E-state index >= 15 is 0 Å². The van der Waals surface area contributed by atoms with E-state index < -0.39 is 10.0 Å². The number of hydrogen-bond acceptors (Lipinski definition) is 3. The number of anilines is 1. The first-order chi connectivity index (χ1) is 9.23. The molecule has 1 aromatic carbocycles. The molecule has 0 saturated carbocycles. The van der Waals surface area contributed by atoms with Gasteiger partial charge >= 0.3 is 0 Å². The molecule has 4 nitrogen and oxygen atoms in total. The Labute approximate surface area is 122 Å². The third kappa shape index (κ3) is 2.69. The summed E-state index contributed by atoms with van der Waals surface area (Å²) in [6.45, 7) is 9.14. The van der Waals surface area contributed by atoms with Crippen molar-refractivity contribution in [3.8, 4) is 0 Å². The molecule has 0 radical (unpaired) electrons. The van der Waals surface area contributed by atoms with Crippen LogP contribution in [-0.4, -0.2) is 25.8 Å². The maximum atomic E-state index is 12.9. The van der Waals surface area contributed by atoms with Gasteiger partial charge in [0.1, 0.15) is 0 Å². The van der Waals surface area contributed by atoms with Crippen molar-refractivity contribution in [1.29, 1.82) is 0 Å². The van der Waals surface area contributed by atoms with Gasteiger partial charge in [0, 0.05) is 18.8 Å². The van der Waals surface area contributed by atoms with Crippen molar-refractivity contribution in [3.63, 3.8) is 0 Å². The highest BCUT2D eigenvalue weighted by atomic mass is 32.2. The molecule has 1 aliphatic rings. The first kappa shape index (κ1) is 15.3. The van der Waals surface area contributed by atoms with Gasteiger partial charge in [-0.25, -0.2) is 8.42 Å². The Morgan fingerprint density at radius 1 is 1.15 bits per heavy atom. The minimum atomic E-state index is -3.42. The number of piperidine rings is 1. The van der Waals surface area contributed by atoms with E-state index in [4.69, 9.17) is 5.73 Å². The zero-order chi connectivity index (χ0) is 15.1. The van der Waals surface area contributed by atoms with Crippen LogP contribution in [0.3, 0.4) is 0 Å². The Hall–Kier alpha value is -1.07. The first-order valence-electron chi connectivity index (χ1n) is 7.10. The molecule has 0 bridgehead atoms. The second kappa shape index (κ2) is 5.37. The number of aryl methyl sites for hydroxylation is 2. The van der Waals surface area contributed by atoms with Crippen LogP contribution in [0.5, 0.6) is 0 Å². The van der Waals surface area contributed by atoms with E-state index in [0.717, 1.165) is 17.5 Å². The lowest BCUT2D eigenvalue weighted by atomic mass is 9.90. The molecule has 1 aromatic rings. The average Bonchev–Trinajstić information content (AvgIpc) is 2.30. The number of nitrogens with zero attached hydrogens (tertiary/aromatic N) is 1. The van der Waals surface area contributed by atoms with Crippen molar-refractivity contribution in [1.82, 2.24) is 4.31 Å². The molecular weight excluding hydrogens is 272 g/mol. The number of nitrogen functional groups attached to an aromatic ring is 1. The second-order valence-corrected chi connectivity index (χ2v) is 7.96. The molecule has 1 heterocycles. The molecule has 1 fully saturated rings. The lowest BCUT2D eigenvalue weighted by molar-refractivity contribution is 0.212. The zero-order valence-corrected chi connectivity index (χ0v) is 13.5. The van der Waals surface area contributed by atoms with Gasteiger partial charge < -0.3 is 5.73 Å². The fourth-order valence-electron chi connectivity index (χ4n) is 2.96. The molecule has 112 valence electrons. The standard InChI is InChI=1S/C15H24N2O2S/c1-10-5-6-17(9-13(10)4)20(18,19)15-11(2)7-14(16)8-12(15)3/h7-8,10,13H,5-6,9,16H2,1-4H3. The van der Waals surface area contributed by atoms with Crippen LogP contribution in [0, 0.1) is 25.7 Å². The summed E-state index contributed by atoms with van der Waals surface area (Å²) in [5, 5.41) is 0. The van der Waals surface area contributed by atoms with Gasteiger partial charge in [-0.1, -0.05) is 13.8 Å². The van der Waals surface area contributed by atoms with Crippen molar-refractivity contribution in [3.05, 3.63) is 23.3 Å². The Morgan fingerprint density at radius 3 is 2.20 bits per heavy atom. The highest BCUT2D eigenvalue weighted by molar-refractivity contribution is 7.89. The second-order valence-electron chi connectivity index (χ2n) is 6.09. The van der Waals surface area contributed by atoms with Crippen LogP contribution in [0.1, 0.15) is 31.4 Å². The molecule has 5 heteroatoms. The summed E-state index contributed by atoms with van der Waals surface area (Å²) < 4.78 is 27.4. The largest absolute Gasteiger partial charge is 0.399 e. The fourth-order valence-corrected chi connectivity index (χ4v) is 4.93. The molecule has 20 heavy (non-hydrogen) atoms. The Bertz CT molecular complexity index is 587. The van der Waals surface area contributed by atoms with Crippen LogP contribution in [0.4, 0.5) is 5.69 Å². The van der Waals surface area contributed by atoms with Gasteiger partial charge in [-0.3, -0.25) is 0 Å². The molecule has 0 aromatic heterocycles. The van der Waals surface area contributed by atoms with Gasteiger partial charge in [-0.05, 0) is 55.4 Å². The van der Waals surface area contributed by atoms with Gasteiger partial charge in [0.2, 0.25) is 10.0 Å². The third-order valence-corrected chi connectivity index (χ3v) is 6.55. The van der Waals surface area contributed by atoms with E-state index in [2.05, 4.69) is 13.8 Å². The topological polar surface area (TPSA) is 63.4 Å². The minimum Gasteiger partial charge on any atom is -0.399 e. The summed E-state index contributed by atoms with van der Waals surface area (Å²) >= 11 is 0. The Kier molecular flexibility index (Phi) is 4.12. The molecule has 2 N–H and O–H groups in total. The van der Waals surface area contributed by atoms with Crippen molar-refractivity contribution >= 4 is 15.7 Å². The van der Waals surface area contributed by atoms with Crippen LogP contribution in [-0.2, 0) is 10.0 Å². The van der Waals surface area contributed by atoms with Crippen LogP contribution in [0.2, 0.25) is 0 Å². The van der Waals surface area contributed by atoms with Gasteiger partial charge in [-0.15, -0.1) is 0 Å². The molecule has 2 atom stereocenters. The molecule has 1 saturated heterocycles. The predicted octanol–water partition coefficient (Wildman–Crippen LogP) is 2.55. The summed E-state index contributed by atoms with van der Waals surface area (Å²) in [6.07, 6.45) is 0.924. The third-order valence-electron chi connectivity index (χ3n) is 4.38. The molecular formula is C15H24N2O2S. The SMILES string of the molecule is Cc1cc(N)cc(C)c1S(=O)(=O)N1CCC(C)C(C)C1. The average molecular weight is 296 g/mol. The predicted molar refractivity (Wildman–Crippen MR) is 82.0 cm³/mol. The Morgan fingerprint density at radius 2 is 1.70 bits per heavy atom. The van der Waals surface area contributed by atoms with Crippen LogP contribution >= 0.6 is 0 Å². The van der Waals surface area contributed by atoms with Crippen molar-refractivity contribution in [2.24, 2.45) is 11.8 Å². The van der Waals surface area contributed by atoms with Crippen LogP contribution in [0.25, 0.3) is 0 Å². The lowest BCUT2D eigenvalue weighted by Gasteiger charge is -2.35. The van der Waals surface area contributed by atoms with E-state index in [9.17, 15) is 8.42 Å². The molecule has 2 rings (SSSR count). The number of sulfonamides is 1. The minimum absolute atomic E-state index is 0.396. The molecule has 1 aliphatic heterocycles. The van der Waals surface area contributed by atoms with Gasteiger partial charge in [0.15, 0.2) is 0 Å². The van der Waals surface area contributed by atoms with E-state index in [1.54, 1.807) is 16.4 Å². The van der Waals surface area contributed by atoms with Gasteiger partial charge in [0.25, 0.3) is 0 Å². The Balaban J connectivity index is 2.41. The van der Waals surface area contributed by atoms with Crippen LogP contribution < -0.4 is 5.73 Å². The maximum Gasteiger partial charge on any atom is 0.243 e. The zero-order valence-electron chi connectivity index (χ0n) is 12.7. The molecule has 0 spiro atoms. The lowest BCUT2D eigenvalue weighted by Crippen LogP contribution is -2.42. The summed E-state index contributed by atoms with van der Waals surface area (Å²) in [4.78, 5) is 0.424. The number of benzene rings is 1. The molecule has 2 unspecified atom stereocenters. The van der Waals surface area contributed by atoms with E-state index in [1.807, 2.05) is 13.8 Å². The van der Waals surface area contributed by atoms with Crippen molar-refractivity contribution < 1.29 is 8.42 Å². The summed E-state index contributed by atoms with van der Waals surface area (Å²) in [7, 11) is -3.42. The summed E-state index contributed by atoms with van der Waals surface area (Å²) in [5.74, 6) is 0.975. The van der Waals surface area contributed by atoms with E-state index in [0.29, 0.717) is 35.5 Å². The molecule has 0 aliphatic carbocycles. The number of hydrogen-bond donors (Lipinski definition) is 1. The van der Waals surface area contributed by atoms with E-state index in [1.165, 1.54) is 0 Å². The number of nitrogens with two attached hydrogens (primary N) is 1. The summed E-state index contributed by atoms with van der Waals surface area (Å²) in [6, 6.07) is 3.46. The highest BCUT2D eigenvalue weighted by Gasteiger charge is 2.33. The quantitative estimate of drug-likeness (QED) is 0.853. The first-order valence-corrected chi connectivity index (χ1v) is 8.54. The monoisotopic (exact) mass is 296 g/mol. The van der Waals surface area contributed by atoms with E-state index in [-0.39, 0.29) is 0 Å². The number of rotatable bonds is 2. The van der Waals surface area contributed by atoms with Gasteiger partial charge in [0.05, 0.1) is 4.90 Å². The highest BCUT2D eigenvalue weighted by Crippen LogP contribution is 2.31. The van der Waals surface area contributed by atoms with Crippen LogP contribution in [0.15, 0.2) is 17.0 Å². The molecule has 0 amide bonds. The normalized spacial score (nSPS) is 24.8. The smallest absolute Gasteiger partial charge is 0.243 e. The van der Waals surface area contributed by atoms with Crippen molar-refractivity contribution in [2.45, 2.75) is 39.0 Å². The van der Waals surface area contributed by atoms with Gasteiger partial charge in [-0.2, -0.15) is 4.31 Å². The summed E-state index contributed by atoms with van der Waals surface area (Å²) in [5.41, 5.74) is 7.85. The maximum absolute atomic E-state index is 12.9.